The van der Waals surface area contributed by atoms with Crippen molar-refractivity contribution in [3.05, 3.63) is 58.2 Å². The van der Waals surface area contributed by atoms with Crippen LogP contribution in [-0.4, -0.2) is 10.9 Å². The van der Waals surface area contributed by atoms with Gasteiger partial charge in [-0.3, -0.25) is 4.79 Å². The van der Waals surface area contributed by atoms with Crippen molar-refractivity contribution in [3.63, 3.8) is 0 Å². The molecule has 0 saturated heterocycles. The number of hydrogen-bond donors (Lipinski definition) is 1. The summed E-state index contributed by atoms with van der Waals surface area (Å²) in [5.41, 5.74) is 4.31. The number of aliphatic hydroxyl groups is 1. The Bertz CT molecular complexity index is 652. The normalized spacial score (nSPS) is 21.6. The largest absolute Gasteiger partial charge is 0.384 e. The Labute approximate surface area is 132 Å². The van der Waals surface area contributed by atoms with Gasteiger partial charge in [0, 0.05) is 11.1 Å². The van der Waals surface area contributed by atoms with Crippen molar-refractivity contribution in [2.24, 2.45) is 0 Å². The Balaban J connectivity index is 1.97. The summed E-state index contributed by atoms with van der Waals surface area (Å²) in [6, 6.07) is 6.03. The first-order valence-electron chi connectivity index (χ1n) is 8.39. The SMILES string of the molecule is CCCC[C@@H](C)c1ccc2c(c1)C(O)C1=C(CCC=C1)C2=O. The second-order valence-electron chi connectivity index (χ2n) is 6.50. The van der Waals surface area contributed by atoms with Crippen molar-refractivity contribution in [1.29, 1.82) is 0 Å². The predicted molar refractivity (Wildman–Crippen MR) is 89.1 cm³/mol. The fourth-order valence-corrected chi connectivity index (χ4v) is 3.51. The van der Waals surface area contributed by atoms with Crippen LogP contribution in [0.25, 0.3) is 0 Å². The summed E-state index contributed by atoms with van der Waals surface area (Å²) in [7, 11) is 0. The van der Waals surface area contributed by atoms with Gasteiger partial charge in [-0.1, -0.05) is 57.0 Å². The van der Waals surface area contributed by atoms with Gasteiger partial charge in [0.2, 0.25) is 0 Å². The van der Waals surface area contributed by atoms with Crippen molar-refractivity contribution in [2.45, 2.75) is 58.0 Å². The topological polar surface area (TPSA) is 37.3 Å². The summed E-state index contributed by atoms with van der Waals surface area (Å²) in [5, 5.41) is 10.7. The van der Waals surface area contributed by atoms with E-state index in [2.05, 4.69) is 19.9 Å². The molecule has 0 aliphatic heterocycles. The number of ketones is 1. The van der Waals surface area contributed by atoms with Crippen molar-refractivity contribution in [3.8, 4) is 0 Å². The second kappa shape index (κ2) is 6.21. The molecule has 2 aliphatic rings. The minimum absolute atomic E-state index is 0.104. The van der Waals surface area contributed by atoms with E-state index in [1.54, 1.807) is 0 Å². The molecule has 3 rings (SSSR count). The molecule has 0 heterocycles. The maximum Gasteiger partial charge on any atom is 0.189 e. The van der Waals surface area contributed by atoms with E-state index < -0.39 is 6.10 Å². The van der Waals surface area contributed by atoms with Gasteiger partial charge in [0.05, 0.1) is 0 Å². The Morgan fingerprint density at radius 1 is 1.36 bits per heavy atom. The zero-order chi connectivity index (χ0) is 15.7. The number of aliphatic hydroxyl groups excluding tert-OH is 1. The van der Waals surface area contributed by atoms with Crippen LogP contribution in [0.15, 0.2) is 41.5 Å². The van der Waals surface area contributed by atoms with E-state index in [1.165, 1.54) is 18.4 Å². The summed E-state index contributed by atoms with van der Waals surface area (Å²) < 4.78 is 0. The third-order valence-electron chi connectivity index (χ3n) is 4.95. The van der Waals surface area contributed by atoms with Gasteiger partial charge in [-0.05, 0) is 41.9 Å². The van der Waals surface area contributed by atoms with Gasteiger partial charge in [-0.15, -0.1) is 0 Å². The third-order valence-corrected chi connectivity index (χ3v) is 4.95. The van der Waals surface area contributed by atoms with Crippen molar-refractivity contribution >= 4 is 5.78 Å². The number of Topliss-reactive ketones (excluding diaryl/α,β-unsaturated/α-hetero) is 1. The van der Waals surface area contributed by atoms with Crippen LogP contribution in [0.5, 0.6) is 0 Å². The van der Waals surface area contributed by atoms with Crippen LogP contribution in [0.2, 0.25) is 0 Å². The van der Waals surface area contributed by atoms with E-state index in [0.29, 0.717) is 11.5 Å². The van der Waals surface area contributed by atoms with E-state index in [1.807, 2.05) is 24.3 Å². The molecule has 0 spiro atoms. The lowest BCUT2D eigenvalue weighted by atomic mass is 9.78. The zero-order valence-electron chi connectivity index (χ0n) is 13.4. The van der Waals surface area contributed by atoms with Crippen molar-refractivity contribution in [2.75, 3.05) is 0 Å². The number of unbranched alkanes of at least 4 members (excludes halogenated alkanes) is 1. The maximum absolute atomic E-state index is 12.6. The first-order chi connectivity index (χ1) is 10.6. The number of rotatable bonds is 4. The first-order valence-corrected chi connectivity index (χ1v) is 8.39. The molecule has 1 N–H and O–H groups in total. The molecule has 1 aromatic carbocycles. The fourth-order valence-electron chi connectivity index (χ4n) is 3.51. The lowest BCUT2D eigenvalue weighted by Crippen LogP contribution is -2.21. The van der Waals surface area contributed by atoms with Crippen LogP contribution < -0.4 is 0 Å². The second-order valence-corrected chi connectivity index (χ2v) is 6.50. The number of allylic oxidation sites excluding steroid dienone is 2. The lowest BCUT2D eigenvalue weighted by molar-refractivity contribution is 0.101. The average Bonchev–Trinajstić information content (AvgIpc) is 2.57. The fraction of sp³-hybridized carbons (Fsp3) is 0.450. The monoisotopic (exact) mass is 296 g/mol. The minimum Gasteiger partial charge on any atom is -0.384 e. The van der Waals surface area contributed by atoms with Gasteiger partial charge in [0.1, 0.15) is 6.10 Å². The highest BCUT2D eigenvalue weighted by atomic mass is 16.3. The molecule has 0 fully saturated rings. The Morgan fingerprint density at radius 2 is 2.18 bits per heavy atom. The van der Waals surface area contributed by atoms with E-state index in [0.717, 1.165) is 36.0 Å². The number of carbonyl (C=O) groups excluding carboxylic acids is 1. The molecule has 116 valence electrons. The van der Waals surface area contributed by atoms with Crippen LogP contribution in [0.4, 0.5) is 0 Å². The Kier molecular flexibility index (Phi) is 4.30. The third kappa shape index (κ3) is 2.56. The van der Waals surface area contributed by atoms with Crippen LogP contribution in [0, 0.1) is 0 Å². The summed E-state index contributed by atoms with van der Waals surface area (Å²) >= 11 is 0. The minimum atomic E-state index is -0.655. The quantitative estimate of drug-likeness (QED) is 0.861. The smallest absolute Gasteiger partial charge is 0.189 e. The molecule has 0 radical (unpaired) electrons. The highest BCUT2D eigenvalue weighted by Gasteiger charge is 2.32. The van der Waals surface area contributed by atoms with Gasteiger partial charge >= 0.3 is 0 Å². The number of fused-ring (bicyclic) bond motifs is 1. The van der Waals surface area contributed by atoms with Crippen LogP contribution in [0.3, 0.4) is 0 Å². The van der Waals surface area contributed by atoms with E-state index in [9.17, 15) is 9.90 Å². The molecule has 0 aromatic heterocycles. The maximum atomic E-state index is 12.6. The molecule has 2 nitrogen and oxygen atoms in total. The van der Waals surface area contributed by atoms with Gasteiger partial charge in [0.15, 0.2) is 5.78 Å². The zero-order valence-corrected chi connectivity index (χ0v) is 13.4. The van der Waals surface area contributed by atoms with Gasteiger partial charge in [-0.25, -0.2) is 0 Å². The van der Waals surface area contributed by atoms with E-state index >= 15 is 0 Å². The Hall–Kier alpha value is -1.67. The Morgan fingerprint density at radius 3 is 2.95 bits per heavy atom. The van der Waals surface area contributed by atoms with Gasteiger partial charge in [0.25, 0.3) is 0 Å². The molecule has 0 bridgehead atoms. The molecule has 1 aromatic rings. The lowest BCUT2D eigenvalue weighted by Gasteiger charge is -2.28. The highest BCUT2D eigenvalue weighted by molar-refractivity contribution is 6.12. The van der Waals surface area contributed by atoms with Crippen LogP contribution in [-0.2, 0) is 0 Å². The summed E-state index contributed by atoms with van der Waals surface area (Å²) in [6.45, 7) is 4.42. The molecule has 0 saturated carbocycles. The molecule has 0 amide bonds. The van der Waals surface area contributed by atoms with Crippen molar-refractivity contribution in [1.82, 2.24) is 0 Å². The van der Waals surface area contributed by atoms with Gasteiger partial charge in [-0.2, -0.15) is 0 Å². The molecule has 2 aliphatic carbocycles. The summed E-state index contributed by atoms with van der Waals surface area (Å²) in [5.74, 6) is 0.567. The molecule has 2 atom stereocenters. The van der Waals surface area contributed by atoms with Crippen LogP contribution >= 0.6 is 0 Å². The van der Waals surface area contributed by atoms with E-state index in [-0.39, 0.29) is 5.78 Å². The standard InChI is InChI=1S/C20H24O2/c1-3-4-7-13(2)14-10-11-17-18(12-14)20(22)16-9-6-5-8-15(16)19(17)21/h6,9-13,20,22H,3-5,7-8H2,1-2H3/t13-,20?/m1/s1. The van der Waals surface area contributed by atoms with Gasteiger partial charge < -0.3 is 5.11 Å². The molecular weight excluding hydrogens is 272 g/mol. The first kappa shape index (κ1) is 15.2. The summed E-state index contributed by atoms with van der Waals surface area (Å²) in [6.07, 6.45) is 8.50. The molecular formula is C20H24O2. The number of hydrogen-bond acceptors (Lipinski definition) is 2. The van der Waals surface area contributed by atoms with Crippen LogP contribution in [0.1, 0.15) is 79.5 Å². The number of benzene rings is 1. The number of carbonyl (C=O) groups is 1. The average molecular weight is 296 g/mol. The molecule has 2 heteroatoms. The molecule has 22 heavy (non-hydrogen) atoms. The highest BCUT2D eigenvalue weighted by Crippen LogP contribution is 2.40. The molecule has 1 unspecified atom stereocenters. The van der Waals surface area contributed by atoms with Crippen molar-refractivity contribution < 1.29 is 9.90 Å². The van der Waals surface area contributed by atoms with E-state index in [4.69, 9.17) is 0 Å². The predicted octanol–water partition coefficient (Wildman–Crippen LogP) is 4.86. The summed E-state index contributed by atoms with van der Waals surface area (Å²) in [4.78, 5) is 12.6.